The van der Waals surface area contributed by atoms with Gasteiger partial charge in [0.05, 0.1) is 5.54 Å². The molecule has 1 saturated carbocycles. The molecule has 0 spiro atoms. The molecule has 1 amide bonds. The van der Waals surface area contributed by atoms with Gasteiger partial charge in [-0.05, 0) is 73.1 Å². The lowest BCUT2D eigenvalue weighted by molar-refractivity contribution is -0.124. The lowest BCUT2D eigenvalue weighted by atomic mass is 9.90. The number of carbonyl (C=O) groups excluding carboxylic acids is 1. The first kappa shape index (κ1) is 16.7. The van der Waals surface area contributed by atoms with Gasteiger partial charge in [-0.15, -0.1) is 0 Å². The van der Waals surface area contributed by atoms with Crippen LogP contribution < -0.4 is 11.1 Å². The van der Waals surface area contributed by atoms with Crippen LogP contribution in [0.1, 0.15) is 46.0 Å². The molecule has 3 N–H and O–H groups in total. The molecule has 2 atom stereocenters. The highest BCUT2D eigenvalue weighted by Gasteiger charge is 2.39. The van der Waals surface area contributed by atoms with E-state index in [2.05, 4.69) is 36.1 Å². The quantitative estimate of drug-likeness (QED) is 0.729. The molecule has 0 radical (unpaired) electrons. The molecule has 0 aromatic rings. The summed E-state index contributed by atoms with van der Waals surface area (Å²) in [5, 5.41) is 3.45. The third-order valence-corrected chi connectivity index (χ3v) is 5.31. The summed E-state index contributed by atoms with van der Waals surface area (Å²) in [7, 11) is 4.38. The summed E-state index contributed by atoms with van der Waals surface area (Å²) >= 11 is 0. The Morgan fingerprint density at radius 3 is 2.43 bits per heavy atom. The number of rotatable bonds is 7. The van der Waals surface area contributed by atoms with Crippen LogP contribution in [0.15, 0.2) is 0 Å². The topological polar surface area (TPSA) is 61.6 Å². The number of nitrogens with zero attached hydrogens (tertiary/aromatic N) is 2. The molecule has 1 heterocycles. The standard InChI is InChI=1S/C16H32N4O/c1-12(20(4)14-7-9-19(3)10-8-14)11-16(2,15(17)21)18-13-5-6-13/h12-14,18H,5-11H2,1-4H3,(H2,17,21). The molecule has 0 aromatic heterocycles. The number of hydrogen-bond donors (Lipinski definition) is 2. The van der Waals surface area contributed by atoms with Crippen molar-refractivity contribution in [3.05, 3.63) is 0 Å². The molecular formula is C16H32N4O. The second-order valence-electron chi connectivity index (χ2n) is 7.37. The molecule has 2 aliphatic rings. The zero-order valence-corrected chi connectivity index (χ0v) is 14.1. The molecule has 0 aromatic carbocycles. The first-order chi connectivity index (χ1) is 9.82. The Morgan fingerprint density at radius 2 is 1.95 bits per heavy atom. The maximum absolute atomic E-state index is 11.9. The van der Waals surface area contributed by atoms with E-state index in [0.29, 0.717) is 18.1 Å². The molecule has 5 nitrogen and oxygen atoms in total. The van der Waals surface area contributed by atoms with Crippen LogP contribution in [0.3, 0.4) is 0 Å². The fourth-order valence-corrected chi connectivity index (χ4v) is 3.41. The van der Waals surface area contributed by atoms with Gasteiger partial charge in [0, 0.05) is 18.1 Å². The fraction of sp³-hybridized carbons (Fsp3) is 0.938. The third-order valence-electron chi connectivity index (χ3n) is 5.31. The highest BCUT2D eigenvalue weighted by Crippen LogP contribution is 2.27. The average molecular weight is 296 g/mol. The normalized spacial score (nSPS) is 25.8. The summed E-state index contributed by atoms with van der Waals surface area (Å²) in [6, 6.07) is 1.46. The van der Waals surface area contributed by atoms with E-state index in [9.17, 15) is 4.79 Å². The summed E-state index contributed by atoms with van der Waals surface area (Å²) in [6.07, 6.45) is 5.53. The molecule has 21 heavy (non-hydrogen) atoms. The number of hydrogen-bond acceptors (Lipinski definition) is 4. The Hall–Kier alpha value is -0.650. The van der Waals surface area contributed by atoms with Crippen LogP contribution >= 0.6 is 0 Å². The van der Waals surface area contributed by atoms with Crippen molar-refractivity contribution in [1.29, 1.82) is 0 Å². The highest BCUT2D eigenvalue weighted by atomic mass is 16.1. The summed E-state index contributed by atoms with van der Waals surface area (Å²) < 4.78 is 0. The zero-order valence-electron chi connectivity index (χ0n) is 14.1. The minimum absolute atomic E-state index is 0.224. The number of primary amides is 1. The van der Waals surface area contributed by atoms with Gasteiger partial charge >= 0.3 is 0 Å². The van der Waals surface area contributed by atoms with Crippen LogP contribution in [0.25, 0.3) is 0 Å². The maximum Gasteiger partial charge on any atom is 0.237 e. The van der Waals surface area contributed by atoms with Gasteiger partial charge in [0.25, 0.3) is 0 Å². The molecular weight excluding hydrogens is 264 g/mol. The van der Waals surface area contributed by atoms with E-state index < -0.39 is 5.54 Å². The van der Waals surface area contributed by atoms with Gasteiger partial charge in [-0.2, -0.15) is 0 Å². The van der Waals surface area contributed by atoms with Crippen molar-refractivity contribution in [3.8, 4) is 0 Å². The number of likely N-dealkylation sites (tertiary alicyclic amines) is 1. The molecule has 5 heteroatoms. The van der Waals surface area contributed by atoms with Gasteiger partial charge in [-0.3, -0.25) is 4.79 Å². The van der Waals surface area contributed by atoms with E-state index in [0.717, 1.165) is 19.5 Å². The Bertz CT molecular complexity index is 363. The first-order valence-corrected chi connectivity index (χ1v) is 8.30. The Balaban J connectivity index is 1.91. The minimum Gasteiger partial charge on any atom is -0.368 e. The molecule has 122 valence electrons. The molecule has 1 saturated heterocycles. The van der Waals surface area contributed by atoms with E-state index in [1.807, 2.05) is 6.92 Å². The largest absolute Gasteiger partial charge is 0.368 e. The SMILES string of the molecule is CC(CC(C)(NC1CC1)C(N)=O)N(C)C1CCN(C)CC1. The molecule has 1 aliphatic carbocycles. The Kier molecular flexibility index (Phi) is 5.28. The van der Waals surface area contributed by atoms with Crippen LogP contribution in [0.5, 0.6) is 0 Å². The van der Waals surface area contributed by atoms with Crippen LogP contribution in [0.2, 0.25) is 0 Å². The predicted octanol–water partition coefficient (Wildman–Crippen LogP) is 0.787. The van der Waals surface area contributed by atoms with E-state index in [4.69, 9.17) is 5.73 Å². The minimum atomic E-state index is -0.583. The fourth-order valence-electron chi connectivity index (χ4n) is 3.41. The average Bonchev–Trinajstić information content (AvgIpc) is 3.22. The Labute approximate surface area is 129 Å². The number of nitrogens with one attached hydrogen (secondary N) is 1. The highest BCUT2D eigenvalue weighted by molar-refractivity contribution is 5.84. The van der Waals surface area contributed by atoms with Crippen molar-refractivity contribution in [2.24, 2.45) is 5.73 Å². The van der Waals surface area contributed by atoms with Gasteiger partial charge in [0.1, 0.15) is 0 Å². The van der Waals surface area contributed by atoms with Gasteiger partial charge in [-0.25, -0.2) is 0 Å². The second kappa shape index (κ2) is 6.63. The number of carbonyl (C=O) groups is 1. The Morgan fingerprint density at radius 1 is 1.38 bits per heavy atom. The van der Waals surface area contributed by atoms with Crippen molar-refractivity contribution in [3.63, 3.8) is 0 Å². The smallest absolute Gasteiger partial charge is 0.237 e. The van der Waals surface area contributed by atoms with E-state index >= 15 is 0 Å². The summed E-state index contributed by atoms with van der Waals surface area (Å²) in [6.45, 7) is 6.50. The lowest BCUT2D eigenvalue weighted by Crippen LogP contribution is -2.57. The first-order valence-electron chi connectivity index (χ1n) is 8.30. The van der Waals surface area contributed by atoms with Crippen LogP contribution in [0, 0.1) is 0 Å². The second-order valence-corrected chi connectivity index (χ2v) is 7.37. The van der Waals surface area contributed by atoms with Crippen molar-refractivity contribution in [2.75, 3.05) is 27.2 Å². The molecule has 0 bridgehead atoms. The van der Waals surface area contributed by atoms with Crippen molar-refractivity contribution in [1.82, 2.24) is 15.1 Å². The molecule has 1 aliphatic heterocycles. The van der Waals surface area contributed by atoms with Gasteiger partial charge in [0.15, 0.2) is 0 Å². The zero-order chi connectivity index (χ0) is 15.6. The van der Waals surface area contributed by atoms with Crippen molar-refractivity contribution < 1.29 is 4.79 Å². The van der Waals surface area contributed by atoms with Crippen LogP contribution in [-0.2, 0) is 4.79 Å². The summed E-state index contributed by atoms with van der Waals surface area (Å²) in [5.41, 5.74) is 5.08. The van der Waals surface area contributed by atoms with E-state index in [1.165, 1.54) is 25.7 Å². The molecule has 2 unspecified atom stereocenters. The maximum atomic E-state index is 11.9. The lowest BCUT2D eigenvalue weighted by Gasteiger charge is -2.41. The number of nitrogens with two attached hydrogens (primary N) is 1. The van der Waals surface area contributed by atoms with Crippen LogP contribution in [-0.4, -0.2) is 66.6 Å². The predicted molar refractivity (Wildman–Crippen MR) is 86.1 cm³/mol. The summed E-state index contributed by atoms with van der Waals surface area (Å²) in [5.74, 6) is -0.224. The van der Waals surface area contributed by atoms with E-state index in [-0.39, 0.29) is 5.91 Å². The van der Waals surface area contributed by atoms with E-state index in [1.54, 1.807) is 0 Å². The third kappa shape index (κ3) is 4.41. The van der Waals surface area contributed by atoms with Crippen LogP contribution in [0.4, 0.5) is 0 Å². The monoisotopic (exact) mass is 296 g/mol. The van der Waals surface area contributed by atoms with Gasteiger partial charge in [0.2, 0.25) is 5.91 Å². The van der Waals surface area contributed by atoms with Crippen molar-refractivity contribution >= 4 is 5.91 Å². The van der Waals surface area contributed by atoms with Gasteiger partial charge in [-0.1, -0.05) is 0 Å². The van der Waals surface area contributed by atoms with Gasteiger partial charge < -0.3 is 20.9 Å². The number of amides is 1. The molecule has 2 rings (SSSR count). The van der Waals surface area contributed by atoms with Crippen molar-refractivity contribution in [2.45, 2.75) is 69.6 Å². The molecule has 2 fully saturated rings. The summed E-state index contributed by atoms with van der Waals surface area (Å²) in [4.78, 5) is 16.7. The number of piperidine rings is 1.